The first-order valence-electron chi connectivity index (χ1n) is 11.0. The summed E-state index contributed by atoms with van der Waals surface area (Å²) in [4.78, 5) is 4.79. The summed E-state index contributed by atoms with van der Waals surface area (Å²) in [5, 5.41) is 20.9. The second-order valence-electron chi connectivity index (χ2n) is 8.19. The molecule has 7 nitrogen and oxygen atoms in total. The van der Waals surface area contributed by atoms with E-state index in [1.54, 1.807) is 4.68 Å². The molecule has 1 fully saturated rings. The van der Waals surface area contributed by atoms with E-state index >= 15 is 0 Å². The summed E-state index contributed by atoms with van der Waals surface area (Å²) in [6.45, 7) is 8.80. The molecule has 9 heteroatoms. The van der Waals surface area contributed by atoms with Crippen molar-refractivity contribution in [3.63, 3.8) is 0 Å². The van der Waals surface area contributed by atoms with Gasteiger partial charge in [-0.25, -0.2) is 4.68 Å². The van der Waals surface area contributed by atoms with E-state index in [-0.39, 0.29) is 28.7 Å². The quantitative estimate of drug-likeness (QED) is 0.193. The molecule has 1 aromatic carbocycles. The van der Waals surface area contributed by atoms with Crippen molar-refractivity contribution in [2.45, 2.75) is 51.2 Å². The number of guanidine groups is 1. The van der Waals surface area contributed by atoms with Crippen LogP contribution in [0.2, 0.25) is 0 Å². The smallest absolute Gasteiger partial charge is 0.191 e. The Morgan fingerprint density at radius 2 is 2.09 bits per heavy atom. The first kappa shape index (κ1) is 26.3. The molecular formula is C23H34IN7S. The van der Waals surface area contributed by atoms with Gasteiger partial charge in [-0.15, -0.1) is 24.0 Å². The minimum atomic E-state index is 0. The highest BCUT2D eigenvalue weighted by Crippen LogP contribution is 2.37. The minimum Gasteiger partial charge on any atom is -0.382 e. The normalized spacial score (nSPS) is 18.1. The first-order chi connectivity index (χ1) is 15.0. The molecule has 0 radical (unpaired) electrons. The highest BCUT2D eigenvalue weighted by atomic mass is 127. The number of nitrogens with zero attached hydrogens (tertiary/aromatic N) is 4. The zero-order chi connectivity index (χ0) is 22.3. The maximum absolute atomic E-state index is 9.59. The van der Waals surface area contributed by atoms with Gasteiger partial charge in [0.2, 0.25) is 0 Å². The molecule has 2 aromatic rings. The predicted molar refractivity (Wildman–Crippen MR) is 145 cm³/mol. The zero-order valence-electron chi connectivity index (χ0n) is 19.1. The van der Waals surface area contributed by atoms with Crippen LogP contribution in [0.4, 0.5) is 5.82 Å². The largest absolute Gasteiger partial charge is 0.382 e. The topological polar surface area (TPSA) is 104 Å². The maximum Gasteiger partial charge on any atom is 0.191 e. The summed E-state index contributed by atoms with van der Waals surface area (Å²) < 4.78 is 1.91. The average Bonchev–Trinajstić information content (AvgIpc) is 3.33. The molecule has 1 unspecified atom stereocenters. The Balaban J connectivity index is 0.00000363. The lowest BCUT2D eigenvalue weighted by Crippen LogP contribution is -2.39. The van der Waals surface area contributed by atoms with Crippen molar-refractivity contribution in [2.75, 3.05) is 31.1 Å². The van der Waals surface area contributed by atoms with Crippen molar-refractivity contribution in [3.05, 3.63) is 41.1 Å². The van der Waals surface area contributed by atoms with Crippen molar-refractivity contribution < 1.29 is 0 Å². The van der Waals surface area contributed by atoms with Crippen molar-refractivity contribution in [3.8, 4) is 11.8 Å². The Labute approximate surface area is 212 Å². The van der Waals surface area contributed by atoms with E-state index < -0.39 is 0 Å². The molecule has 1 atom stereocenters. The van der Waals surface area contributed by atoms with Gasteiger partial charge in [-0.05, 0) is 64.3 Å². The van der Waals surface area contributed by atoms with Crippen LogP contribution < -0.4 is 16.4 Å². The fourth-order valence-electron chi connectivity index (χ4n) is 3.67. The number of anilines is 1. The van der Waals surface area contributed by atoms with Crippen molar-refractivity contribution in [2.24, 2.45) is 4.99 Å². The van der Waals surface area contributed by atoms with E-state index in [2.05, 4.69) is 35.6 Å². The molecule has 4 N–H and O–H groups in total. The number of aryl methyl sites for hydroxylation is 2. The fourth-order valence-corrected chi connectivity index (χ4v) is 4.90. The SMILES string of the molecule is CCNC(=NCC1(C)CCCS1)NCCCc1nn(-c2ccc(C)cc2)c(N)c1C#N.I. The summed E-state index contributed by atoms with van der Waals surface area (Å²) in [5.41, 5.74) is 9.45. The van der Waals surface area contributed by atoms with Gasteiger partial charge in [-0.3, -0.25) is 4.99 Å². The summed E-state index contributed by atoms with van der Waals surface area (Å²) >= 11 is 2.02. The van der Waals surface area contributed by atoms with Crippen molar-refractivity contribution >= 4 is 47.5 Å². The molecule has 174 valence electrons. The zero-order valence-corrected chi connectivity index (χ0v) is 22.3. The second kappa shape index (κ2) is 12.3. The number of aromatic nitrogens is 2. The molecule has 1 saturated heterocycles. The van der Waals surface area contributed by atoms with E-state index in [9.17, 15) is 5.26 Å². The molecular weight excluding hydrogens is 533 g/mol. The van der Waals surface area contributed by atoms with Gasteiger partial charge in [0.05, 0.1) is 17.9 Å². The number of nitriles is 1. The van der Waals surface area contributed by atoms with Gasteiger partial charge in [-0.2, -0.15) is 22.1 Å². The molecule has 32 heavy (non-hydrogen) atoms. The Bertz CT molecular complexity index is 940. The van der Waals surface area contributed by atoms with Crippen molar-refractivity contribution in [1.82, 2.24) is 20.4 Å². The lowest BCUT2D eigenvalue weighted by Gasteiger charge is -2.21. The van der Waals surface area contributed by atoms with E-state index in [1.807, 2.05) is 43.0 Å². The number of benzene rings is 1. The van der Waals surface area contributed by atoms with Gasteiger partial charge < -0.3 is 16.4 Å². The number of nitrogens with one attached hydrogen (secondary N) is 2. The molecule has 0 amide bonds. The van der Waals surface area contributed by atoms with Gasteiger partial charge in [0.1, 0.15) is 17.5 Å². The Morgan fingerprint density at radius 1 is 1.34 bits per heavy atom. The highest BCUT2D eigenvalue weighted by Gasteiger charge is 2.29. The Kier molecular flexibility index (Phi) is 10.2. The molecule has 1 aromatic heterocycles. The summed E-state index contributed by atoms with van der Waals surface area (Å²) in [6.07, 6.45) is 4.00. The standard InChI is InChI=1S/C23H33N7S.HI/c1-4-26-22(28-16-23(3)12-6-14-31-23)27-13-5-7-20-19(15-24)21(25)30(29-20)18-10-8-17(2)9-11-18;/h8-11H,4-7,12-14,16,25H2,1-3H3,(H2,26,27,28);1H. The number of nitrogens with two attached hydrogens (primary N) is 1. The third-order valence-electron chi connectivity index (χ3n) is 5.48. The molecule has 2 heterocycles. The number of aliphatic imine (C=N–C) groups is 1. The summed E-state index contributed by atoms with van der Waals surface area (Å²) in [7, 11) is 0. The second-order valence-corrected chi connectivity index (χ2v) is 9.88. The maximum atomic E-state index is 9.59. The Hall–Kier alpha value is -1.93. The van der Waals surface area contributed by atoms with Crippen LogP contribution >= 0.6 is 35.7 Å². The van der Waals surface area contributed by atoms with Crippen LogP contribution in [0.25, 0.3) is 5.69 Å². The van der Waals surface area contributed by atoms with Crippen LogP contribution in [0, 0.1) is 18.3 Å². The van der Waals surface area contributed by atoms with Crippen LogP contribution in [-0.2, 0) is 6.42 Å². The number of nitrogen functional groups attached to an aromatic ring is 1. The average molecular weight is 568 g/mol. The van der Waals surface area contributed by atoms with E-state index in [4.69, 9.17) is 10.7 Å². The number of halogens is 1. The first-order valence-corrected chi connectivity index (χ1v) is 11.9. The van der Waals surface area contributed by atoms with E-state index in [1.165, 1.54) is 24.2 Å². The molecule has 0 saturated carbocycles. The van der Waals surface area contributed by atoms with Gasteiger partial charge in [0, 0.05) is 17.8 Å². The Morgan fingerprint density at radius 3 is 2.72 bits per heavy atom. The van der Waals surface area contributed by atoms with Gasteiger partial charge in [-0.1, -0.05) is 17.7 Å². The number of thioether (sulfide) groups is 1. The van der Waals surface area contributed by atoms with E-state index in [0.717, 1.165) is 43.4 Å². The molecule has 3 rings (SSSR count). The summed E-state index contributed by atoms with van der Waals surface area (Å²) in [6, 6.07) is 10.2. The lowest BCUT2D eigenvalue weighted by molar-refractivity contribution is 0.613. The fraction of sp³-hybridized carbons (Fsp3) is 0.522. The van der Waals surface area contributed by atoms with Crippen LogP contribution in [0.1, 0.15) is 49.9 Å². The molecule has 0 aliphatic carbocycles. The molecule has 1 aliphatic heterocycles. The molecule has 0 bridgehead atoms. The van der Waals surface area contributed by atoms with Crippen LogP contribution in [0.3, 0.4) is 0 Å². The van der Waals surface area contributed by atoms with E-state index in [0.29, 0.717) is 17.8 Å². The van der Waals surface area contributed by atoms with Gasteiger partial charge in [0.25, 0.3) is 0 Å². The molecule has 0 spiro atoms. The minimum absolute atomic E-state index is 0. The van der Waals surface area contributed by atoms with Gasteiger partial charge in [0.15, 0.2) is 5.96 Å². The predicted octanol–water partition coefficient (Wildman–Crippen LogP) is 4.03. The number of hydrogen-bond donors (Lipinski definition) is 3. The van der Waals surface area contributed by atoms with Crippen LogP contribution in [0.5, 0.6) is 0 Å². The van der Waals surface area contributed by atoms with Gasteiger partial charge >= 0.3 is 0 Å². The lowest BCUT2D eigenvalue weighted by atomic mass is 10.1. The third-order valence-corrected chi connectivity index (χ3v) is 7.01. The van der Waals surface area contributed by atoms with Crippen LogP contribution in [0.15, 0.2) is 29.3 Å². The van der Waals surface area contributed by atoms with Crippen molar-refractivity contribution in [1.29, 1.82) is 5.26 Å². The monoisotopic (exact) mass is 567 g/mol. The number of hydrogen-bond acceptors (Lipinski definition) is 5. The third kappa shape index (κ3) is 6.78. The van der Waals surface area contributed by atoms with Crippen LogP contribution in [-0.4, -0.2) is 45.9 Å². The molecule has 1 aliphatic rings. The summed E-state index contributed by atoms with van der Waals surface area (Å²) in [5.74, 6) is 2.48. The number of rotatable bonds is 8. The highest BCUT2D eigenvalue weighted by molar-refractivity contribution is 14.0.